The molecule has 0 amide bonds. The molecule has 2 N–H and O–H groups in total. The van der Waals surface area contributed by atoms with E-state index in [1.165, 1.54) is 11.9 Å². The van der Waals surface area contributed by atoms with Gasteiger partial charge in [-0.3, -0.25) is 4.90 Å². The van der Waals surface area contributed by atoms with Crippen molar-refractivity contribution in [1.82, 2.24) is 15.5 Å². The van der Waals surface area contributed by atoms with E-state index in [1.54, 1.807) is 0 Å². The van der Waals surface area contributed by atoms with Gasteiger partial charge in [0.15, 0.2) is 5.96 Å². The molecule has 0 bridgehead atoms. The number of hydrogen-bond donors (Lipinski definition) is 2. The van der Waals surface area contributed by atoms with E-state index in [1.807, 2.05) is 31.2 Å². The first kappa shape index (κ1) is 20.6. The number of nitrogens with one attached hydrogen (secondary N) is 2. The number of nitrogens with zero attached hydrogens (tertiary/aromatic N) is 2. The molecule has 0 aliphatic heterocycles. The van der Waals surface area contributed by atoms with Crippen LogP contribution in [0.15, 0.2) is 29.3 Å². The zero-order chi connectivity index (χ0) is 18.0. The molecule has 1 aromatic carbocycles. The summed E-state index contributed by atoms with van der Waals surface area (Å²) in [5, 5.41) is 6.91. The molecule has 0 unspecified atom stereocenters. The number of aliphatic imine (C=N–C) groups is 1. The molecule has 0 saturated heterocycles. The van der Waals surface area contributed by atoms with Gasteiger partial charge in [0, 0.05) is 18.1 Å². The predicted molar refractivity (Wildman–Crippen MR) is 92.4 cm³/mol. The fourth-order valence-corrected chi connectivity index (χ4v) is 2.17. The van der Waals surface area contributed by atoms with Crippen LogP contribution >= 0.6 is 11.6 Å². The summed E-state index contributed by atoms with van der Waals surface area (Å²) >= 11 is 5.84. The van der Waals surface area contributed by atoms with Crippen molar-refractivity contribution in [2.75, 3.05) is 33.2 Å². The van der Waals surface area contributed by atoms with Crippen molar-refractivity contribution in [3.8, 4) is 0 Å². The smallest absolute Gasteiger partial charge is 0.357 e. The molecule has 0 radical (unpaired) electrons. The number of benzene rings is 1. The minimum Gasteiger partial charge on any atom is -0.357 e. The summed E-state index contributed by atoms with van der Waals surface area (Å²) < 4.78 is 36.7. The number of rotatable bonds is 8. The zero-order valence-electron chi connectivity index (χ0n) is 14.0. The first-order valence-corrected chi connectivity index (χ1v) is 8.20. The molecule has 0 aliphatic carbocycles. The molecule has 0 aliphatic rings. The lowest BCUT2D eigenvalue weighted by Gasteiger charge is -2.18. The molecular weight excluding hydrogens is 341 g/mol. The SMILES string of the molecule is CCNC(=NCc1ccc(Cl)cc1)NCCCN(C)CC(F)(F)F. The van der Waals surface area contributed by atoms with Crippen molar-refractivity contribution >= 4 is 17.6 Å². The number of alkyl halides is 3. The second kappa shape index (κ2) is 10.4. The van der Waals surface area contributed by atoms with Crippen LogP contribution in [0.4, 0.5) is 13.2 Å². The Kier molecular flexibility index (Phi) is 8.92. The van der Waals surface area contributed by atoms with Gasteiger partial charge in [0.1, 0.15) is 0 Å². The summed E-state index contributed by atoms with van der Waals surface area (Å²) in [6.45, 7) is 3.19. The molecule has 1 rings (SSSR count). The molecule has 136 valence electrons. The van der Waals surface area contributed by atoms with E-state index in [9.17, 15) is 13.2 Å². The summed E-state index contributed by atoms with van der Waals surface area (Å²) in [4.78, 5) is 5.71. The molecule has 0 saturated carbocycles. The lowest BCUT2D eigenvalue weighted by atomic mass is 10.2. The van der Waals surface area contributed by atoms with Crippen molar-refractivity contribution in [2.45, 2.75) is 26.1 Å². The van der Waals surface area contributed by atoms with Crippen molar-refractivity contribution in [3.05, 3.63) is 34.9 Å². The van der Waals surface area contributed by atoms with E-state index in [2.05, 4.69) is 15.6 Å². The van der Waals surface area contributed by atoms with E-state index >= 15 is 0 Å². The normalized spacial score (nSPS) is 12.5. The highest BCUT2D eigenvalue weighted by molar-refractivity contribution is 6.30. The Morgan fingerprint density at radius 3 is 2.46 bits per heavy atom. The second-order valence-corrected chi connectivity index (χ2v) is 5.89. The van der Waals surface area contributed by atoms with E-state index in [0.29, 0.717) is 43.6 Å². The van der Waals surface area contributed by atoms with Gasteiger partial charge in [0.05, 0.1) is 13.1 Å². The first-order chi connectivity index (χ1) is 11.3. The lowest BCUT2D eigenvalue weighted by molar-refractivity contribution is -0.143. The summed E-state index contributed by atoms with van der Waals surface area (Å²) in [6, 6.07) is 7.43. The molecule has 8 heteroatoms. The van der Waals surface area contributed by atoms with Crippen LogP contribution in [0.5, 0.6) is 0 Å². The van der Waals surface area contributed by atoms with E-state index < -0.39 is 12.7 Å². The van der Waals surface area contributed by atoms with Crippen molar-refractivity contribution in [2.24, 2.45) is 4.99 Å². The maximum Gasteiger partial charge on any atom is 0.401 e. The minimum absolute atomic E-state index is 0.364. The zero-order valence-corrected chi connectivity index (χ0v) is 14.7. The predicted octanol–water partition coefficient (Wildman–Crippen LogP) is 3.28. The van der Waals surface area contributed by atoms with Gasteiger partial charge in [-0.15, -0.1) is 0 Å². The van der Waals surface area contributed by atoms with E-state index in [-0.39, 0.29) is 0 Å². The van der Waals surface area contributed by atoms with Crippen molar-refractivity contribution in [1.29, 1.82) is 0 Å². The van der Waals surface area contributed by atoms with Crippen LogP contribution in [0, 0.1) is 0 Å². The number of guanidine groups is 1. The van der Waals surface area contributed by atoms with Crippen LogP contribution in [-0.4, -0.2) is 50.3 Å². The van der Waals surface area contributed by atoms with Crippen LogP contribution < -0.4 is 10.6 Å². The molecule has 0 atom stereocenters. The maximum absolute atomic E-state index is 12.2. The summed E-state index contributed by atoms with van der Waals surface area (Å²) in [5.41, 5.74) is 1.03. The number of halogens is 4. The van der Waals surface area contributed by atoms with Gasteiger partial charge in [-0.25, -0.2) is 4.99 Å². The Labute approximate surface area is 146 Å². The van der Waals surface area contributed by atoms with Crippen LogP contribution in [-0.2, 0) is 6.54 Å². The van der Waals surface area contributed by atoms with Gasteiger partial charge in [0.2, 0.25) is 0 Å². The molecule has 0 aromatic heterocycles. The Hall–Kier alpha value is -1.47. The standard InChI is InChI=1S/C16H24ClF3N4/c1-3-21-15(23-11-13-5-7-14(17)8-6-13)22-9-4-10-24(2)12-16(18,19)20/h5-8H,3-4,9-12H2,1-2H3,(H2,21,22,23). The third-order valence-electron chi connectivity index (χ3n) is 3.14. The highest BCUT2D eigenvalue weighted by atomic mass is 35.5. The molecular formula is C16H24ClF3N4. The lowest BCUT2D eigenvalue weighted by Crippen LogP contribution is -2.39. The fraction of sp³-hybridized carbons (Fsp3) is 0.562. The van der Waals surface area contributed by atoms with Gasteiger partial charge in [-0.2, -0.15) is 13.2 Å². The Balaban J connectivity index is 2.37. The van der Waals surface area contributed by atoms with Gasteiger partial charge in [-0.05, 0) is 44.6 Å². The van der Waals surface area contributed by atoms with Crippen LogP contribution in [0.1, 0.15) is 18.9 Å². The van der Waals surface area contributed by atoms with Gasteiger partial charge < -0.3 is 10.6 Å². The number of hydrogen-bond acceptors (Lipinski definition) is 2. The highest BCUT2D eigenvalue weighted by Crippen LogP contribution is 2.15. The summed E-state index contributed by atoms with van der Waals surface area (Å²) in [7, 11) is 1.47. The quantitative estimate of drug-likeness (QED) is 0.422. The third kappa shape index (κ3) is 9.62. The fourth-order valence-electron chi connectivity index (χ4n) is 2.04. The van der Waals surface area contributed by atoms with Crippen molar-refractivity contribution in [3.63, 3.8) is 0 Å². The maximum atomic E-state index is 12.2. The van der Waals surface area contributed by atoms with Crippen LogP contribution in [0.25, 0.3) is 0 Å². The van der Waals surface area contributed by atoms with Gasteiger partial charge >= 0.3 is 6.18 Å². The second-order valence-electron chi connectivity index (χ2n) is 5.45. The Morgan fingerprint density at radius 1 is 1.21 bits per heavy atom. The molecule has 4 nitrogen and oxygen atoms in total. The molecule has 0 fully saturated rings. The van der Waals surface area contributed by atoms with Gasteiger partial charge in [-0.1, -0.05) is 23.7 Å². The van der Waals surface area contributed by atoms with E-state index in [0.717, 1.165) is 5.56 Å². The topological polar surface area (TPSA) is 39.7 Å². The molecule has 1 aromatic rings. The monoisotopic (exact) mass is 364 g/mol. The van der Waals surface area contributed by atoms with Crippen molar-refractivity contribution < 1.29 is 13.2 Å². The summed E-state index contributed by atoms with van der Waals surface area (Å²) in [5.74, 6) is 0.644. The Bertz CT molecular complexity index is 503. The molecule has 0 spiro atoms. The molecule has 0 heterocycles. The summed E-state index contributed by atoms with van der Waals surface area (Å²) in [6.07, 6.45) is -3.56. The average Bonchev–Trinajstić information content (AvgIpc) is 2.49. The average molecular weight is 365 g/mol. The first-order valence-electron chi connectivity index (χ1n) is 7.82. The largest absolute Gasteiger partial charge is 0.401 e. The van der Waals surface area contributed by atoms with Gasteiger partial charge in [0.25, 0.3) is 0 Å². The van der Waals surface area contributed by atoms with Crippen LogP contribution in [0.3, 0.4) is 0 Å². The third-order valence-corrected chi connectivity index (χ3v) is 3.39. The molecule has 24 heavy (non-hydrogen) atoms. The van der Waals surface area contributed by atoms with E-state index in [4.69, 9.17) is 11.6 Å². The van der Waals surface area contributed by atoms with Crippen LogP contribution in [0.2, 0.25) is 5.02 Å². The highest BCUT2D eigenvalue weighted by Gasteiger charge is 2.28. The minimum atomic E-state index is -4.16. The Morgan fingerprint density at radius 2 is 1.88 bits per heavy atom.